The Hall–Kier alpha value is -2.80. The molecule has 0 N–H and O–H groups in total. The van der Waals surface area contributed by atoms with Gasteiger partial charge in [-0.1, -0.05) is 24.3 Å². The molecule has 0 atom stereocenters. The Balaban J connectivity index is 1.36. The van der Waals surface area contributed by atoms with Crippen molar-refractivity contribution in [1.29, 1.82) is 0 Å². The minimum absolute atomic E-state index is 0.0546. The van der Waals surface area contributed by atoms with E-state index >= 15 is 0 Å². The molecular weight excluding hydrogens is 362 g/mol. The van der Waals surface area contributed by atoms with Gasteiger partial charge in [0.25, 0.3) is 5.91 Å². The first kappa shape index (κ1) is 18.6. The number of hydrogen-bond donors (Lipinski definition) is 0. The van der Waals surface area contributed by atoms with Crippen LogP contribution in [0.3, 0.4) is 0 Å². The predicted molar refractivity (Wildman–Crippen MR) is 103 cm³/mol. The van der Waals surface area contributed by atoms with Gasteiger partial charge in [0, 0.05) is 51.2 Å². The summed E-state index contributed by atoms with van der Waals surface area (Å²) >= 11 is 0. The molecule has 4 rings (SSSR count). The van der Waals surface area contributed by atoms with Crippen LogP contribution in [0.4, 0.5) is 8.78 Å². The van der Waals surface area contributed by atoms with E-state index in [0.29, 0.717) is 37.3 Å². The number of halogens is 2. The Labute approximate surface area is 162 Å². The van der Waals surface area contributed by atoms with Crippen molar-refractivity contribution in [3.8, 4) is 0 Å². The molecule has 1 fully saturated rings. The molecule has 1 saturated heterocycles. The zero-order chi connectivity index (χ0) is 19.7. The van der Waals surface area contributed by atoms with E-state index in [2.05, 4.69) is 10.00 Å². The number of carbonyl (C=O) groups is 1. The van der Waals surface area contributed by atoms with Crippen molar-refractivity contribution in [2.24, 2.45) is 7.05 Å². The maximum atomic E-state index is 13.8. The molecule has 0 radical (unpaired) electrons. The van der Waals surface area contributed by atoms with Crippen LogP contribution in [0.25, 0.3) is 10.9 Å². The van der Waals surface area contributed by atoms with Gasteiger partial charge in [-0.15, -0.1) is 0 Å². The minimum atomic E-state index is -0.560. The second-order valence-corrected chi connectivity index (χ2v) is 7.11. The molecule has 28 heavy (non-hydrogen) atoms. The van der Waals surface area contributed by atoms with E-state index in [-0.39, 0.29) is 5.91 Å². The lowest BCUT2D eigenvalue weighted by Gasteiger charge is -2.34. The SMILES string of the molecule is Cn1nc(C(=O)N2CCN(CCc3ccc(F)cc3F)CC2)c2ccccc21. The van der Waals surface area contributed by atoms with Crippen LogP contribution in [0.2, 0.25) is 0 Å². The fourth-order valence-electron chi connectivity index (χ4n) is 3.70. The summed E-state index contributed by atoms with van der Waals surface area (Å²) in [5.41, 5.74) is 1.94. The maximum Gasteiger partial charge on any atom is 0.275 e. The smallest absolute Gasteiger partial charge is 0.275 e. The molecule has 7 heteroatoms. The standard InChI is InChI=1S/C21H22F2N4O/c1-25-19-5-3-2-4-17(19)20(24-25)21(28)27-12-10-26(11-13-27)9-8-15-6-7-16(22)14-18(15)23/h2-7,14H,8-13H2,1H3. The van der Waals surface area contributed by atoms with Crippen molar-refractivity contribution in [2.75, 3.05) is 32.7 Å². The van der Waals surface area contributed by atoms with Crippen LogP contribution in [0.1, 0.15) is 16.1 Å². The van der Waals surface area contributed by atoms with Gasteiger partial charge in [0.2, 0.25) is 0 Å². The Morgan fingerprint density at radius 3 is 2.57 bits per heavy atom. The van der Waals surface area contributed by atoms with Gasteiger partial charge < -0.3 is 4.90 Å². The number of carbonyl (C=O) groups excluding carboxylic acids is 1. The van der Waals surface area contributed by atoms with Gasteiger partial charge in [-0.2, -0.15) is 5.10 Å². The van der Waals surface area contributed by atoms with Gasteiger partial charge in [-0.25, -0.2) is 8.78 Å². The molecule has 5 nitrogen and oxygen atoms in total. The summed E-state index contributed by atoms with van der Waals surface area (Å²) in [6.45, 7) is 3.33. The maximum absolute atomic E-state index is 13.8. The van der Waals surface area contributed by atoms with Crippen molar-refractivity contribution < 1.29 is 13.6 Å². The molecule has 3 aromatic rings. The van der Waals surface area contributed by atoms with Gasteiger partial charge in [0.05, 0.1) is 5.52 Å². The van der Waals surface area contributed by atoms with E-state index in [1.807, 2.05) is 36.2 Å². The number of para-hydroxylation sites is 1. The van der Waals surface area contributed by atoms with Crippen LogP contribution in [0.5, 0.6) is 0 Å². The molecule has 1 amide bonds. The lowest BCUT2D eigenvalue weighted by atomic mass is 10.1. The van der Waals surface area contributed by atoms with Crippen molar-refractivity contribution >= 4 is 16.8 Å². The molecule has 0 bridgehead atoms. The molecule has 1 aromatic heterocycles. The molecule has 146 valence electrons. The Bertz CT molecular complexity index is 1010. The first-order valence-corrected chi connectivity index (χ1v) is 9.40. The number of fused-ring (bicyclic) bond motifs is 1. The van der Waals surface area contributed by atoms with E-state index in [9.17, 15) is 13.6 Å². The van der Waals surface area contributed by atoms with E-state index < -0.39 is 11.6 Å². The number of nitrogens with zero attached hydrogens (tertiary/aromatic N) is 4. The molecule has 1 aliphatic heterocycles. The van der Waals surface area contributed by atoms with Gasteiger partial charge in [-0.05, 0) is 24.1 Å². The highest BCUT2D eigenvalue weighted by atomic mass is 19.1. The lowest BCUT2D eigenvalue weighted by Crippen LogP contribution is -2.49. The molecular formula is C21H22F2N4O. The normalized spacial score (nSPS) is 15.3. The second-order valence-electron chi connectivity index (χ2n) is 7.11. The monoisotopic (exact) mass is 384 g/mol. The van der Waals surface area contributed by atoms with Crippen molar-refractivity contribution in [1.82, 2.24) is 19.6 Å². The summed E-state index contributed by atoms with van der Waals surface area (Å²) in [7, 11) is 1.84. The molecule has 2 aromatic carbocycles. The van der Waals surface area contributed by atoms with E-state index in [4.69, 9.17) is 0 Å². The third-order valence-corrected chi connectivity index (χ3v) is 5.33. The Morgan fingerprint density at radius 2 is 1.82 bits per heavy atom. The van der Waals surface area contributed by atoms with Gasteiger partial charge in [0.15, 0.2) is 5.69 Å². The molecule has 0 saturated carbocycles. The van der Waals surface area contributed by atoms with Crippen LogP contribution in [0.15, 0.2) is 42.5 Å². The minimum Gasteiger partial charge on any atom is -0.335 e. The number of amides is 1. The predicted octanol–water partition coefficient (Wildman–Crippen LogP) is 2.85. The van der Waals surface area contributed by atoms with Crippen molar-refractivity contribution in [3.63, 3.8) is 0 Å². The van der Waals surface area contributed by atoms with Crippen LogP contribution in [-0.2, 0) is 13.5 Å². The van der Waals surface area contributed by atoms with Crippen LogP contribution >= 0.6 is 0 Å². The first-order valence-electron chi connectivity index (χ1n) is 9.40. The summed E-state index contributed by atoms with van der Waals surface area (Å²) in [5, 5.41) is 5.28. The number of benzene rings is 2. The Morgan fingerprint density at radius 1 is 1.07 bits per heavy atom. The van der Waals surface area contributed by atoms with Crippen molar-refractivity contribution in [3.05, 3.63) is 65.4 Å². The third kappa shape index (κ3) is 3.62. The fourth-order valence-corrected chi connectivity index (χ4v) is 3.70. The zero-order valence-corrected chi connectivity index (χ0v) is 15.7. The molecule has 0 spiro atoms. The van der Waals surface area contributed by atoms with Gasteiger partial charge in [0.1, 0.15) is 11.6 Å². The topological polar surface area (TPSA) is 41.4 Å². The average Bonchev–Trinajstić information content (AvgIpc) is 3.04. The van der Waals surface area contributed by atoms with Gasteiger partial charge >= 0.3 is 0 Å². The van der Waals surface area contributed by atoms with Crippen LogP contribution in [0, 0.1) is 11.6 Å². The van der Waals surface area contributed by atoms with Gasteiger partial charge in [-0.3, -0.25) is 14.4 Å². The third-order valence-electron chi connectivity index (χ3n) is 5.33. The van der Waals surface area contributed by atoms with E-state index in [1.165, 1.54) is 12.1 Å². The van der Waals surface area contributed by atoms with Crippen LogP contribution < -0.4 is 0 Å². The molecule has 1 aliphatic rings. The summed E-state index contributed by atoms with van der Waals surface area (Å²) in [6.07, 6.45) is 0.519. The Kier molecular flexibility index (Phi) is 5.09. The molecule has 0 aliphatic carbocycles. The second kappa shape index (κ2) is 7.67. The first-order chi connectivity index (χ1) is 13.5. The highest BCUT2D eigenvalue weighted by Gasteiger charge is 2.25. The number of piperazine rings is 1. The molecule has 0 unspecified atom stereocenters. The summed E-state index contributed by atoms with van der Waals surface area (Å²) in [4.78, 5) is 17.0. The number of aryl methyl sites for hydroxylation is 1. The zero-order valence-electron chi connectivity index (χ0n) is 15.7. The quantitative estimate of drug-likeness (QED) is 0.695. The number of aromatic nitrogens is 2. The molecule has 2 heterocycles. The average molecular weight is 384 g/mol. The highest BCUT2D eigenvalue weighted by Crippen LogP contribution is 2.20. The largest absolute Gasteiger partial charge is 0.335 e. The number of rotatable bonds is 4. The van der Waals surface area contributed by atoms with E-state index in [0.717, 1.165) is 30.1 Å². The van der Waals surface area contributed by atoms with Crippen molar-refractivity contribution in [2.45, 2.75) is 6.42 Å². The van der Waals surface area contributed by atoms with Crippen LogP contribution in [-0.4, -0.2) is 58.2 Å². The fraction of sp³-hybridized carbons (Fsp3) is 0.333. The number of hydrogen-bond acceptors (Lipinski definition) is 3. The highest BCUT2D eigenvalue weighted by molar-refractivity contribution is 6.04. The summed E-state index contributed by atoms with van der Waals surface area (Å²) in [6, 6.07) is 11.4. The summed E-state index contributed by atoms with van der Waals surface area (Å²) in [5.74, 6) is -1.12. The lowest BCUT2D eigenvalue weighted by molar-refractivity contribution is 0.0633. The summed E-state index contributed by atoms with van der Waals surface area (Å²) < 4.78 is 28.5. The van der Waals surface area contributed by atoms with E-state index in [1.54, 1.807) is 4.68 Å².